The molecule has 0 N–H and O–H groups in total. The maximum Gasteiger partial charge on any atom is 0.0716 e. The van der Waals surface area contributed by atoms with Crippen molar-refractivity contribution in [2.24, 2.45) is 0 Å². The van der Waals surface area contributed by atoms with Gasteiger partial charge in [-0.2, -0.15) is 0 Å². The topological polar surface area (TPSA) is 0 Å². The van der Waals surface area contributed by atoms with Crippen LogP contribution in [0.5, 0.6) is 0 Å². The minimum Gasteiger partial charge on any atom is -0.0622 e. The highest BCUT2D eigenvalue weighted by Crippen LogP contribution is 2.65. The molecule has 234 valence electrons. The van der Waals surface area contributed by atoms with Crippen LogP contribution < -0.4 is 0 Å². The highest BCUT2D eigenvalue weighted by molar-refractivity contribution is 6.35. The minimum absolute atomic E-state index is 0.305. The molecule has 0 aliphatic heterocycles. The zero-order valence-corrected chi connectivity index (χ0v) is 28.2. The summed E-state index contributed by atoms with van der Waals surface area (Å²) in [6.07, 6.45) is 0. The van der Waals surface area contributed by atoms with E-state index in [1.807, 2.05) is 0 Å². The van der Waals surface area contributed by atoms with Crippen molar-refractivity contribution in [3.05, 3.63) is 203 Å². The van der Waals surface area contributed by atoms with E-state index < -0.39 is 5.41 Å². The number of benzene rings is 9. The molecule has 0 radical (unpaired) electrons. The van der Waals surface area contributed by atoms with Crippen molar-refractivity contribution < 1.29 is 0 Å². The number of hydrogen-bond acceptors (Lipinski definition) is 0. The van der Waals surface area contributed by atoms with E-state index in [0.29, 0.717) is 0 Å². The molecule has 2 aliphatic carbocycles. The molecule has 9 aromatic carbocycles. The molecule has 0 spiro atoms. The molecule has 0 heterocycles. The molecule has 0 bridgehead atoms. The lowest BCUT2D eigenvalue weighted by Crippen LogP contribution is -2.32. The van der Waals surface area contributed by atoms with Crippen LogP contribution in [0, 0.1) is 0 Å². The quantitative estimate of drug-likeness (QED) is 0.166. The molecular formula is C50H34. The summed E-state index contributed by atoms with van der Waals surface area (Å²) in [5.41, 5.74) is 13.0. The largest absolute Gasteiger partial charge is 0.0716 e. The van der Waals surface area contributed by atoms with E-state index in [4.69, 9.17) is 0 Å². The number of rotatable bonds is 2. The van der Waals surface area contributed by atoms with E-state index in [1.54, 1.807) is 0 Å². The first kappa shape index (κ1) is 27.9. The van der Waals surface area contributed by atoms with Crippen molar-refractivity contribution in [1.82, 2.24) is 0 Å². The van der Waals surface area contributed by atoms with E-state index in [0.717, 1.165) is 0 Å². The van der Waals surface area contributed by atoms with Gasteiger partial charge in [0.2, 0.25) is 0 Å². The molecule has 50 heavy (non-hydrogen) atoms. The fraction of sp³-hybridized carbons (Fsp3) is 0.0800. The Morgan fingerprint density at radius 1 is 0.320 bits per heavy atom. The third-order valence-electron chi connectivity index (χ3n) is 12.0. The van der Waals surface area contributed by atoms with Gasteiger partial charge in [-0.1, -0.05) is 184 Å². The van der Waals surface area contributed by atoms with Crippen molar-refractivity contribution in [1.29, 1.82) is 0 Å². The normalized spacial score (nSPS) is 14.9. The second kappa shape index (κ2) is 9.80. The summed E-state index contributed by atoms with van der Waals surface area (Å²) in [4.78, 5) is 0. The van der Waals surface area contributed by atoms with Gasteiger partial charge in [0.05, 0.1) is 5.41 Å². The van der Waals surface area contributed by atoms with Gasteiger partial charge < -0.3 is 0 Å². The second-order valence-electron chi connectivity index (χ2n) is 14.7. The Morgan fingerprint density at radius 3 is 1.40 bits per heavy atom. The van der Waals surface area contributed by atoms with E-state index in [9.17, 15) is 0 Å². The van der Waals surface area contributed by atoms with Crippen LogP contribution in [0.25, 0.3) is 65.3 Å². The Balaban J connectivity index is 1.39. The highest BCUT2D eigenvalue weighted by Gasteiger charge is 2.52. The Bertz CT molecular complexity index is 2830. The van der Waals surface area contributed by atoms with Gasteiger partial charge in [-0.25, -0.2) is 0 Å². The molecule has 0 amide bonds. The fourth-order valence-electron chi connectivity index (χ4n) is 10.3. The minimum atomic E-state index is -0.473. The molecule has 0 saturated carbocycles. The molecule has 0 nitrogen and oxygen atoms in total. The summed E-state index contributed by atoms with van der Waals surface area (Å²) in [7, 11) is 0. The van der Waals surface area contributed by atoms with Crippen molar-refractivity contribution >= 4 is 43.1 Å². The van der Waals surface area contributed by atoms with Gasteiger partial charge in [0, 0.05) is 5.41 Å². The molecule has 0 heteroatoms. The molecule has 0 atom stereocenters. The molecule has 0 aromatic heterocycles. The van der Waals surface area contributed by atoms with Crippen LogP contribution in [0.2, 0.25) is 0 Å². The Hall–Kier alpha value is -5.98. The summed E-state index contributed by atoms with van der Waals surface area (Å²) in [6, 6.07) is 63.8. The van der Waals surface area contributed by atoms with E-state index in [-0.39, 0.29) is 5.41 Å². The Kier molecular flexibility index (Phi) is 5.47. The maximum atomic E-state index is 2.50. The zero-order valence-electron chi connectivity index (χ0n) is 28.2. The van der Waals surface area contributed by atoms with Crippen molar-refractivity contribution in [3.8, 4) is 22.3 Å². The van der Waals surface area contributed by atoms with Crippen molar-refractivity contribution in [2.75, 3.05) is 0 Å². The summed E-state index contributed by atoms with van der Waals surface area (Å²) < 4.78 is 0. The first-order valence-electron chi connectivity index (χ1n) is 17.8. The summed E-state index contributed by atoms with van der Waals surface area (Å²) in [5.74, 6) is 0. The van der Waals surface area contributed by atoms with Gasteiger partial charge in [-0.3, -0.25) is 0 Å². The van der Waals surface area contributed by atoms with Gasteiger partial charge in [-0.15, -0.1) is 0 Å². The smallest absolute Gasteiger partial charge is 0.0622 e. The predicted molar refractivity (Wildman–Crippen MR) is 211 cm³/mol. The van der Waals surface area contributed by atoms with E-state index in [1.165, 1.54) is 98.7 Å². The van der Waals surface area contributed by atoms with Crippen LogP contribution in [0.1, 0.15) is 47.2 Å². The summed E-state index contributed by atoms with van der Waals surface area (Å²) in [5, 5.41) is 10.7. The average molecular weight is 635 g/mol. The fourth-order valence-corrected chi connectivity index (χ4v) is 10.3. The molecule has 2 aliphatic rings. The lowest BCUT2D eigenvalue weighted by Gasteiger charge is -2.37. The molecule has 0 unspecified atom stereocenters. The molecule has 11 rings (SSSR count). The Morgan fingerprint density at radius 2 is 0.780 bits per heavy atom. The maximum absolute atomic E-state index is 2.50. The van der Waals surface area contributed by atoms with E-state index >= 15 is 0 Å². The molecule has 9 aromatic rings. The lowest BCUT2D eigenvalue weighted by molar-refractivity contribution is 0.638. The first-order valence-corrected chi connectivity index (χ1v) is 17.8. The zero-order chi connectivity index (χ0) is 33.2. The number of hydrogen-bond donors (Lipinski definition) is 0. The summed E-state index contributed by atoms with van der Waals surface area (Å²) >= 11 is 0. The van der Waals surface area contributed by atoms with Crippen molar-refractivity contribution in [2.45, 2.75) is 24.7 Å². The van der Waals surface area contributed by atoms with Crippen LogP contribution in [0.3, 0.4) is 0 Å². The highest BCUT2D eigenvalue weighted by atomic mass is 14.5. The predicted octanol–water partition coefficient (Wildman–Crippen LogP) is 13.0. The summed E-state index contributed by atoms with van der Waals surface area (Å²) in [6.45, 7) is 5.00. The van der Waals surface area contributed by atoms with Gasteiger partial charge in [0.1, 0.15) is 0 Å². The van der Waals surface area contributed by atoms with Crippen LogP contribution in [0.15, 0.2) is 170 Å². The van der Waals surface area contributed by atoms with Crippen LogP contribution >= 0.6 is 0 Å². The molecule has 0 saturated heterocycles. The van der Waals surface area contributed by atoms with Crippen LogP contribution in [-0.2, 0) is 10.8 Å². The average Bonchev–Trinajstić information content (AvgIpc) is 3.61. The Labute approximate surface area is 292 Å². The number of fused-ring (bicyclic) bond motifs is 17. The SMILES string of the molecule is CC1(C)c2c(ccc3c2C(c2ccccc2)(c2ccccc2)c2ccccc2-3)-c2c1c1c3ccccc3c3ccccc3c1c1ccccc21. The van der Waals surface area contributed by atoms with Crippen LogP contribution in [-0.4, -0.2) is 0 Å². The van der Waals surface area contributed by atoms with Gasteiger partial charge in [0.15, 0.2) is 0 Å². The van der Waals surface area contributed by atoms with Crippen LogP contribution in [0.4, 0.5) is 0 Å². The van der Waals surface area contributed by atoms with Gasteiger partial charge in [-0.05, 0) is 98.7 Å². The first-order chi connectivity index (χ1) is 24.6. The third-order valence-corrected chi connectivity index (χ3v) is 12.0. The monoisotopic (exact) mass is 634 g/mol. The lowest BCUT2D eigenvalue weighted by atomic mass is 9.64. The molecular weight excluding hydrogens is 601 g/mol. The standard InChI is InChI=1S/C50H34/c1-49(2)46-41(30-29-40-35-23-15-16-28-42(35)50(47(40)46,31-17-5-3-6-18-31)32-19-7-4-8-20-32)44-39-27-14-13-26-38(39)43-36-24-11-9-21-33(36)34-22-10-12-25-37(34)45(43)48(44)49/h3-30H,1-2H3. The second-order valence-corrected chi connectivity index (χ2v) is 14.7. The van der Waals surface area contributed by atoms with E-state index in [2.05, 4.69) is 184 Å². The molecule has 0 fully saturated rings. The van der Waals surface area contributed by atoms with Gasteiger partial charge in [0.25, 0.3) is 0 Å². The van der Waals surface area contributed by atoms with Crippen molar-refractivity contribution in [3.63, 3.8) is 0 Å². The third kappa shape index (κ3) is 3.27. The van der Waals surface area contributed by atoms with Gasteiger partial charge >= 0.3 is 0 Å².